The third-order valence-corrected chi connectivity index (χ3v) is 6.05. The summed E-state index contributed by atoms with van der Waals surface area (Å²) in [6.45, 7) is 3.95. The van der Waals surface area contributed by atoms with Crippen molar-refractivity contribution in [2.24, 2.45) is 5.41 Å². The fourth-order valence-electron chi connectivity index (χ4n) is 3.54. The smallest absolute Gasteiger partial charge is 0.265 e. The number of thiazole rings is 1. The summed E-state index contributed by atoms with van der Waals surface area (Å²) in [7, 11) is 0. The Hall–Kier alpha value is -1.79. The normalized spacial score (nSPS) is 20.1. The summed E-state index contributed by atoms with van der Waals surface area (Å²) in [4.78, 5) is 24.1. The van der Waals surface area contributed by atoms with Crippen LogP contribution in [0.5, 0.6) is 0 Å². The molecule has 1 amide bonds. The predicted octanol–water partition coefficient (Wildman–Crippen LogP) is 2.42. The minimum absolute atomic E-state index is 0.116. The zero-order valence-electron chi connectivity index (χ0n) is 13.0. The molecule has 4 rings (SSSR count). The monoisotopic (exact) mass is 328 g/mol. The van der Waals surface area contributed by atoms with Gasteiger partial charge in [-0.05, 0) is 43.4 Å². The van der Waals surface area contributed by atoms with E-state index in [1.54, 1.807) is 12.4 Å². The van der Waals surface area contributed by atoms with Gasteiger partial charge < -0.3 is 10.2 Å². The van der Waals surface area contributed by atoms with Gasteiger partial charge in [0.2, 0.25) is 0 Å². The summed E-state index contributed by atoms with van der Waals surface area (Å²) in [6.07, 6.45) is 6.91. The molecule has 0 saturated carbocycles. The van der Waals surface area contributed by atoms with Gasteiger partial charge >= 0.3 is 0 Å². The molecule has 1 spiro atoms. The van der Waals surface area contributed by atoms with Crippen molar-refractivity contribution in [3.63, 3.8) is 0 Å². The van der Waals surface area contributed by atoms with Crippen LogP contribution < -0.4 is 5.32 Å². The van der Waals surface area contributed by atoms with Crippen LogP contribution >= 0.6 is 11.3 Å². The molecular weight excluding hydrogens is 308 g/mol. The molecule has 2 aromatic heterocycles. The Morgan fingerprint density at radius 2 is 2.09 bits per heavy atom. The summed E-state index contributed by atoms with van der Waals surface area (Å²) in [5.74, 6) is 0.116. The maximum Gasteiger partial charge on any atom is 0.265 e. The van der Waals surface area contributed by atoms with Gasteiger partial charge in [0.15, 0.2) is 0 Å². The lowest BCUT2D eigenvalue weighted by molar-refractivity contribution is 0.0612. The first-order chi connectivity index (χ1) is 11.3. The van der Waals surface area contributed by atoms with Gasteiger partial charge in [-0.1, -0.05) is 6.07 Å². The number of aromatic nitrogens is 2. The lowest BCUT2D eigenvalue weighted by atomic mass is 9.78. The minimum atomic E-state index is 0.116. The van der Waals surface area contributed by atoms with Crippen LogP contribution in [0.4, 0.5) is 0 Å². The van der Waals surface area contributed by atoms with Crippen molar-refractivity contribution >= 4 is 17.2 Å². The fraction of sp³-hybridized carbons (Fsp3) is 0.471. The van der Waals surface area contributed by atoms with Crippen LogP contribution in [0.25, 0.3) is 10.7 Å². The third-order valence-electron chi connectivity index (χ3n) is 5.04. The fourth-order valence-corrected chi connectivity index (χ4v) is 4.40. The largest absolute Gasteiger partial charge is 0.338 e. The summed E-state index contributed by atoms with van der Waals surface area (Å²) in [6, 6.07) is 5.74. The molecule has 2 aromatic rings. The average molecular weight is 328 g/mol. The molecule has 0 unspecified atom stereocenters. The van der Waals surface area contributed by atoms with Crippen LogP contribution in [-0.4, -0.2) is 47.0 Å². The molecule has 2 saturated heterocycles. The van der Waals surface area contributed by atoms with Crippen molar-refractivity contribution in [2.75, 3.05) is 26.2 Å². The molecule has 120 valence electrons. The number of carbonyl (C=O) groups is 1. The first-order valence-electron chi connectivity index (χ1n) is 8.13. The Bertz CT molecular complexity index is 684. The van der Waals surface area contributed by atoms with E-state index in [1.807, 2.05) is 23.1 Å². The highest BCUT2D eigenvalue weighted by molar-refractivity contribution is 7.16. The molecule has 2 aliphatic rings. The van der Waals surface area contributed by atoms with Crippen molar-refractivity contribution in [3.8, 4) is 10.7 Å². The number of hydrogen-bond acceptors (Lipinski definition) is 5. The number of nitrogens with zero attached hydrogens (tertiary/aromatic N) is 3. The summed E-state index contributed by atoms with van der Waals surface area (Å²) in [5, 5.41) is 4.27. The highest BCUT2D eigenvalue weighted by Crippen LogP contribution is 2.37. The van der Waals surface area contributed by atoms with E-state index in [0.29, 0.717) is 10.3 Å². The lowest BCUT2D eigenvalue weighted by Gasteiger charge is -2.38. The van der Waals surface area contributed by atoms with Crippen molar-refractivity contribution < 1.29 is 4.79 Å². The van der Waals surface area contributed by atoms with Crippen molar-refractivity contribution in [2.45, 2.75) is 19.3 Å². The van der Waals surface area contributed by atoms with Gasteiger partial charge in [-0.25, -0.2) is 4.98 Å². The van der Waals surface area contributed by atoms with Crippen LogP contribution in [0.3, 0.4) is 0 Å². The van der Waals surface area contributed by atoms with Crippen molar-refractivity contribution in [3.05, 3.63) is 35.5 Å². The number of hydrogen-bond donors (Lipinski definition) is 1. The molecule has 6 heteroatoms. The van der Waals surface area contributed by atoms with Gasteiger partial charge in [0.25, 0.3) is 5.91 Å². The number of rotatable bonds is 2. The molecule has 23 heavy (non-hydrogen) atoms. The molecule has 0 atom stereocenters. The van der Waals surface area contributed by atoms with E-state index in [0.717, 1.165) is 49.7 Å². The maximum absolute atomic E-state index is 12.7. The average Bonchev–Trinajstić information content (AvgIpc) is 3.26. The van der Waals surface area contributed by atoms with Gasteiger partial charge in [-0.15, -0.1) is 11.3 Å². The first kappa shape index (κ1) is 14.8. The molecule has 0 radical (unpaired) electrons. The molecule has 5 nitrogen and oxygen atoms in total. The van der Waals surface area contributed by atoms with E-state index in [4.69, 9.17) is 0 Å². The van der Waals surface area contributed by atoms with E-state index in [9.17, 15) is 4.79 Å². The highest BCUT2D eigenvalue weighted by atomic mass is 32.1. The third kappa shape index (κ3) is 2.88. The number of nitrogens with one attached hydrogen (secondary N) is 1. The van der Waals surface area contributed by atoms with E-state index in [2.05, 4.69) is 15.3 Å². The second-order valence-electron chi connectivity index (χ2n) is 6.46. The summed E-state index contributed by atoms with van der Waals surface area (Å²) in [5.41, 5.74) is 1.26. The second-order valence-corrected chi connectivity index (χ2v) is 7.49. The molecular formula is C17H20N4OS. The van der Waals surface area contributed by atoms with Gasteiger partial charge in [0.1, 0.15) is 9.88 Å². The first-order valence-corrected chi connectivity index (χ1v) is 8.95. The Labute approximate surface area is 139 Å². The number of amides is 1. The standard InChI is InChI=1S/C17H20N4OS/c22-16(21-9-5-17(6-10-21)4-8-18-12-17)14-11-20-15(23-14)13-3-1-2-7-19-13/h1-3,7,11,18H,4-6,8-10,12H2. The van der Waals surface area contributed by atoms with Gasteiger partial charge in [0, 0.05) is 25.8 Å². The molecule has 0 bridgehead atoms. The van der Waals surface area contributed by atoms with Gasteiger partial charge in [-0.2, -0.15) is 0 Å². The van der Waals surface area contributed by atoms with Gasteiger partial charge in [-0.3, -0.25) is 9.78 Å². The lowest BCUT2D eigenvalue weighted by Crippen LogP contribution is -2.43. The topological polar surface area (TPSA) is 58.1 Å². The molecule has 4 heterocycles. The molecule has 0 aromatic carbocycles. The number of pyridine rings is 1. The second kappa shape index (κ2) is 6.02. The van der Waals surface area contributed by atoms with Gasteiger partial charge in [0.05, 0.1) is 11.9 Å². The molecule has 2 aliphatic heterocycles. The summed E-state index contributed by atoms with van der Waals surface area (Å²) >= 11 is 1.43. The van der Waals surface area contributed by atoms with Crippen LogP contribution in [-0.2, 0) is 0 Å². The van der Waals surface area contributed by atoms with Crippen LogP contribution in [0.1, 0.15) is 28.9 Å². The zero-order chi connectivity index (χ0) is 15.7. The minimum Gasteiger partial charge on any atom is -0.338 e. The molecule has 2 fully saturated rings. The zero-order valence-corrected chi connectivity index (χ0v) is 13.8. The van der Waals surface area contributed by atoms with E-state index < -0.39 is 0 Å². The summed E-state index contributed by atoms with van der Waals surface area (Å²) < 4.78 is 0. The van der Waals surface area contributed by atoms with E-state index in [-0.39, 0.29) is 5.91 Å². The quantitative estimate of drug-likeness (QED) is 0.920. The van der Waals surface area contributed by atoms with Crippen LogP contribution in [0.2, 0.25) is 0 Å². The highest BCUT2D eigenvalue weighted by Gasteiger charge is 2.38. The Morgan fingerprint density at radius 3 is 2.78 bits per heavy atom. The SMILES string of the molecule is O=C(c1cnc(-c2ccccn2)s1)N1CCC2(CCNC2)CC1. The Kier molecular flexibility index (Phi) is 3.87. The number of likely N-dealkylation sites (tertiary alicyclic amines) is 1. The van der Waals surface area contributed by atoms with Crippen LogP contribution in [0, 0.1) is 5.41 Å². The molecule has 0 aliphatic carbocycles. The predicted molar refractivity (Wildman–Crippen MR) is 90.4 cm³/mol. The van der Waals surface area contributed by atoms with Crippen LogP contribution in [0.15, 0.2) is 30.6 Å². The Morgan fingerprint density at radius 1 is 1.22 bits per heavy atom. The number of carbonyl (C=O) groups excluding carboxylic acids is 1. The van der Waals surface area contributed by atoms with E-state index >= 15 is 0 Å². The Balaban J connectivity index is 1.45. The number of piperidine rings is 1. The molecule has 1 N–H and O–H groups in total. The van der Waals surface area contributed by atoms with Crippen molar-refractivity contribution in [1.29, 1.82) is 0 Å². The van der Waals surface area contributed by atoms with Crippen molar-refractivity contribution in [1.82, 2.24) is 20.2 Å². The van der Waals surface area contributed by atoms with E-state index in [1.165, 1.54) is 17.8 Å². The maximum atomic E-state index is 12.7.